The zero-order valence-corrected chi connectivity index (χ0v) is 12.4. The average Bonchev–Trinajstić information content (AvgIpc) is 2.78. The highest BCUT2D eigenvalue weighted by Crippen LogP contribution is 2.31. The van der Waals surface area contributed by atoms with Gasteiger partial charge in [-0.15, -0.1) is 0 Å². The second-order valence-electron chi connectivity index (χ2n) is 5.33. The van der Waals surface area contributed by atoms with Crippen LogP contribution in [0.5, 0.6) is 0 Å². The zero-order chi connectivity index (χ0) is 15.0. The van der Waals surface area contributed by atoms with E-state index in [0.717, 1.165) is 16.7 Å². The molecule has 1 aliphatic carbocycles. The molecule has 108 valence electrons. The highest BCUT2D eigenvalue weighted by atomic mass is 35.5. The van der Waals surface area contributed by atoms with Crippen molar-refractivity contribution in [3.05, 3.63) is 69.7 Å². The molecule has 0 fully saturated rings. The van der Waals surface area contributed by atoms with Gasteiger partial charge in [-0.3, -0.25) is 4.79 Å². The van der Waals surface area contributed by atoms with Gasteiger partial charge in [0.25, 0.3) is 5.91 Å². The third-order valence-electron chi connectivity index (χ3n) is 4.00. The van der Waals surface area contributed by atoms with Crippen molar-refractivity contribution in [2.45, 2.75) is 25.5 Å². The summed E-state index contributed by atoms with van der Waals surface area (Å²) in [5.74, 6) is -0.212. The smallest absolute Gasteiger partial charge is 0.252 e. The molecule has 1 aliphatic rings. The van der Waals surface area contributed by atoms with Crippen molar-refractivity contribution in [3.63, 3.8) is 0 Å². The standard InChI is InChI=1S/C17H16ClNO2/c1-10-12(7-4-8-14(10)18)17(21)19-16-13-6-3-2-5-11(13)9-15(16)20/h2-8,15-16,20H,9H2,1H3,(H,19,21)/t15-,16+/m1/s1. The summed E-state index contributed by atoms with van der Waals surface area (Å²) in [4.78, 5) is 12.4. The van der Waals surface area contributed by atoms with Crippen LogP contribution in [0.15, 0.2) is 42.5 Å². The quantitative estimate of drug-likeness (QED) is 0.896. The van der Waals surface area contributed by atoms with E-state index in [4.69, 9.17) is 11.6 Å². The maximum atomic E-state index is 12.4. The normalized spacial score (nSPS) is 20.1. The van der Waals surface area contributed by atoms with Gasteiger partial charge in [-0.25, -0.2) is 0 Å². The van der Waals surface area contributed by atoms with Crippen molar-refractivity contribution in [1.82, 2.24) is 5.32 Å². The molecule has 0 heterocycles. The highest BCUT2D eigenvalue weighted by molar-refractivity contribution is 6.31. The van der Waals surface area contributed by atoms with Gasteiger partial charge in [0.1, 0.15) is 0 Å². The van der Waals surface area contributed by atoms with Gasteiger partial charge in [0, 0.05) is 17.0 Å². The molecule has 2 aromatic carbocycles. The summed E-state index contributed by atoms with van der Waals surface area (Å²) in [7, 11) is 0. The fourth-order valence-corrected chi connectivity index (χ4v) is 2.99. The number of carbonyl (C=O) groups excluding carboxylic acids is 1. The van der Waals surface area contributed by atoms with E-state index in [1.54, 1.807) is 18.2 Å². The molecule has 2 atom stereocenters. The number of aliphatic hydroxyl groups excluding tert-OH is 1. The summed E-state index contributed by atoms with van der Waals surface area (Å²) in [5.41, 5.74) is 3.35. The van der Waals surface area contributed by atoms with Gasteiger partial charge in [0.05, 0.1) is 12.1 Å². The first-order chi connectivity index (χ1) is 10.1. The lowest BCUT2D eigenvalue weighted by atomic mass is 10.1. The number of halogens is 1. The first-order valence-corrected chi connectivity index (χ1v) is 7.27. The molecular weight excluding hydrogens is 286 g/mol. The number of nitrogens with one attached hydrogen (secondary N) is 1. The summed E-state index contributed by atoms with van der Waals surface area (Å²) in [6.07, 6.45) is -0.0267. The number of rotatable bonds is 2. The van der Waals surface area contributed by atoms with Crippen molar-refractivity contribution in [1.29, 1.82) is 0 Å². The van der Waals surface area contributed by atoms with Crippen LogP contribution in [0.2, 0.25) is 5.02 Å². The van der Waals surface area contributed by atoms with Crippen LogP contribution in [0.1, 0.15) is 33.1 Å². The molecule has 2 N–H and O–H groups in total. The SMILES string of the molecule is Cc1c(Cl)cccc1C(=O)N[C@H]1c2ccccc2C[C@H]1O. The van der Waals surface area contributed by atoms with E-state index < -0.39 is 6.10 Å². The molecule has 0 radical (unpaired) electrons. The second kappa shape index (κ2) is 5.51. The maximum absolute atomic E-state index is 12.4. The fourth-order valence-electron chi connectivity index (χ4n) is 2.82. The monoisotopic (exact) mass is 301 g/mol. The fraction of sp³-hybridized carbons (Fsp3) is 0.235. The Morgan fingerprint density at radius 3 is 2.81 bits per heavy atom. The lowest BCUT2D eigenvalue weighted by Crippen LogP contribution is -2.34. The second-order valence-corrected chi connectivity index (χ2v) is 5.74. The largest absolute Gasteiger partial charge is 0.390 e. The predicted octanol–water partition coefficient (Wildman–Crippen LogP) is 3.04. The summed E-state index contributed by atoms with van der Waals surface area (Å²) in [6, 6.07) is 12.7. The maximum Gasteiger partial charge on any atom is 0.252 e. The summed E-state index contributed by atoms with van der Waals surface area (Å²) in [6.45, 7) is 1.82. The molecule has 21 heavy (non-hydrogen) atoms. The molecule has 0 aliphatic heterocycles. The molecule has 1 amide bonds. The summed E-state index contributed by atoms with van der Waals surface area (Å²) < 4.78 is 0. The number of hydrogen-bond donors (Lipinski definition) is 2. The van der Waals surface area contributed by atoms with Crippen molar-refractivity contribution < 1.29 is 9.90 Å². The minimum absolute atomic E-state index is 0.212. The minimum atomic E-state index is -0.592. The first kappa shape index (κ1) is 14.1. The Kier molecular flexibility index (Phi) is 3.70. The molecule has 0 saturated heterocycles. The predicted molar refractivity (Wildman–Crippen MR) is 82.5 cm³/mol. The van der Waals surface area contributed by atoms with E-state index in [0.29, 0.717) is 17.0 Å². The minimum Gasteiger partial charge on any atom is -0.390 e. The van der Waals surface area contributed by atoms with Gasteiger partial charge in [-0.1, -0.05) is 41.9 Å². The number of hydrogen-bond acceptors (Lipinski definition) is 2. The van der Waals surface area contributed by atoms with Gasteiger partial charge >= 0.3 is 0 Å². The topological polar surface area (TPSA) is 49.3 Å². The van der Waals surface area contributed by atoms with Crippen molar-refractivity contribution in [2.75, 3.05) is 0 Å². The van der Waals surface area contributed by atoms with Crippen LogP contribution in [-0.2, 0) is 6.42 Å². The third-order valence-corrected chi connectivity index (χ3v) is 4.41. The average molecular weight is 302 g/mol. The lowest BCUT2D eigenvalue weighted by Gasteiger charge is -2.19. The number of benzene rings is 2. The third kappa shape index (κ3) is 2.55. The van der Waals surface area contributed by atoms with Gasteiger partial charge < -0.3 is 10.4 Å². The molecule has 2 aromatic rings. The summed E-state index contributed by atoms with van der Waals surface area (Å²) in [5, 5.41) is 13.7. The Hall–Kier alpha value is -1.84. The van der Waals surface area contributed by atoms with Gasteiger partial charge in [0.15, 0.2) is 0 Å². The highest BCUT2D eigenvalue weighted by Gasteiger charge is 2.32. The van der Waals surface area contributed by atoms with E-state index in [9.17, 15) is 9.90 Å². The van der Waals surface area contributed by atoms with Crippen LogP contribution in [0.25, 0.3) is 0 Å². The van der Waals surface area contributed by atoms with Crippen molar-refractivity contribution in [2.24, 2.45) is 0 Å². The van der Waals surface area contributed by atoms with E-state index in [1.807, 2.05) is 31.2 Å². The molecule has 0 spiro atoms. The van der Waals surface area contributed by atoms with E-state index in [2.05, 4.69) is 5.32 Å². The van der Waals surface area contributed by atoms with Crippen LogP contribution in [0.3, 0.4) is 0 Å². The van der Waals surface area contributed by atoms with Crippen LogP contribution in [-0.4, -0.2) is 17.1 Å². The van der Waals surface area contributed by atoms with Gasteiger partial charge in [0.2, 0.25) is 0 Å². The van der Waals surface area contributed by atoms with Gasteiger partial charge in [-0.05, 0) is 35.7 Å². The molecule has 0 bridgehead atoms. The number of fused-ring (bicyclic) bond motifs is 1. The van der Waals surface area contributed by atoms with Crippen LogP contribution in [0, 0.1) is 6.92 Å². The molecule has 3 nitrogen and oxygen atoms in total. The van der Waals surface area contributed by atoms with Crippen molar-refractivity contribution in [3.8, 4) is 0 Å². The van der Waals surface area contributed by atoms with Crippen LogP contribution in [0.4, 0.5) is 0 Å². The Balaban J connectivity index is 1.87. The lowest BCUT2D eigenvalue weighted by molar-refractivity contribution is 0.0857. The van der Waals surface area contributed by atoms with Crippen LogP contribution < -0.4 is 5.32 Å². The van der Waals surface area contributed by atoms with Crippen LogP contribution >= 0.6 is 11.6 Å². The van der Waals surface area contributed by atoms with E-state index in [-0.39, 0.29) is 11.9 Å². The summed E-state index contributed by atoms with van der Waals surface area (Å²) >= 11 is 6.05. The Morgan fingerprint density at radius 1 is 1.24 bits per heavy atom. The number of amides is 1. The van der Waals surface area contributed by atoms with Crippen molar-refractivity contribution >= 4 is 17.5 Å². The van der Waals surface area contributed by atoms with E-state index in [1.165, 1.54) is 0 Å². The molecule has 0 aromatic heterocycles. The Labute approximate surface area is 128 Å². The van der Waals surface area contributed by atoms with Gasteiger partial charge in [-0.2, -0.15) is 0 Å². The molecule has 0 saturated carbocycles. The zero-order valence-electron chi connectivity index (χ0n) is 11.6. The molecule has 0 unspecified atom stereocenters. The molecule has 3 rings (SSSR count). The van der Waals surface area contributed by atoms with E-state index >= 15 is 0 Å². The molecule has 4 heteroatoms. The molecular formula is C17H16ClNO2. The number of carbonyl (C=O) groups is 1. The first-order valence-electron chi connectivity index (χ1n) is 6.90. The number of aliphatic hydroxyl groups is 1. The Morgan fingerprint density at radius 2 is 2.00 bits per heavy atom. The Bertz CT molecular complexity index is 699.